The maximum Gasteiger partial charge on any atom is 0.311 e. The Morgan fingerprint density at radius 3 is 1.82 bits per heavy atom. The van der Waals surface area contributed by atoms with Crippen molar-refractivity contribution in [3.8, 4) is 0 Å². The molecule has 18 nitrogen and oxygen atoms in total. The number of hydrogen-bond donors (Lipinski definition) is 12. The average Bonchev–Trinajstić information content (AvgIpc) is 3.21. The molecule has 0 saturated carbocycles. The molecule has 0 aromatic rings. The number of ether oxygens (including phenoxy) is 4. The van der Waals surface area contributed by atoms with E-state index in [1.807, 2.05) is 19.1 Å². The van der Waals surface area contributed by atoms with Crippen LogP contribution >= 0.6 is 0 Å². The smallest absolute Gasteiger partial charge is 0.311 e. The van der Waals surface area contributed by atoms with Gasteiger partial charge in [0.25, 0.3) is 0 Å². The van der Waals surface area contributed by atoms with E-state index in [9.17, 15) is 65.8 Å². The molecule has 2 bridgehead atoms. The molecular weight excluding hydrogens is 851 g/mol. The maximum atomic E-state index is 12.6. The average molecular weight is 924 g/mol. The molecule has 368 valence electrons. The molecule has 0 aromatic heterocycles. The summed E-state index contributed by atoms with van der Waals surface area (Å²) >= 11 is 0. The van der Waals surface area contributed by atoms with Gasteiger partial charge in [-0.3, -0.25) is 9.59 Å². The molecule has 3 aliphatic rings. The van der Waals surface area contributed by atoms with Gasteiger partial charge in [0, 0.05) is 37.5 Å². The summed E-state index contributed by atoms with van der Waals surface area (Å²) in [6.07, 6.45) is 3.46. The van der Waals surface area contributed by atoms with Gasteiger partial charge in [-0.1, -0.05) is 98.9 Å². The lowest BCUT2D eigenvalue weighted by atomic mass is 9.82. The normalized spacial score (nSPS) is 42.0. The zero-order valence-electron chi connectivity index (χ0n) is 37.6. The molecule has 2 saturated heterocycles. The van der Waals surface area contributed by atoms with Gasteiger partial charge in [-0.25, -0.2) is 0 Å². The van der Waals surface area contributed by atoms with E-state index in [-0.39, 0.29) is 31.6 Å². The third-order valence-corrected chi connectivity index (χ3v) is 12.0. The highest BCUT2D eigenvalue weighted by Crippen LogP contribution is 2.38. The second-order valence-electron chi connectivity index (χ2n) is 17.6. The molecule has 0 aromatic carbocycles. The van der Waals surface area contributed by atoms with Crippen LogP contribution in [0.1, 0.15) is 79.1 Å². The molecule has 65 heavy (non-hydrogen) atoms. The summed E-state index contributed by atoms with van der Waals surface area (Å²) in [5.74, 6) is -6.83. The minimum Gasteiger partial charge on any atom is -0.481 e. The zero-order chi connectivity index (χ0) is 48.4. The molecule has 0 amide bonds. The summed E-state index contributed by atoms with van der Waals surface area (Å²) in [5.41, 5.74) is 6.02. The van der Waals surface area contributed by atoms with E-state index in [4.69, 9.17) is 24.7 Å². The van der Waals surface area contributed by atoms with Gasteiger partial charge in [0.1, 0.15) is 18.1 Å². The number of carbonyl (C=O) groups is 2. The fourth-order valence-corrected chi connectivity index (χ4v) is 7.97. The van der Waals surface area contributed by atoms with Gasteiger partial charge in [-0.15, -0.1) is 0 Å². The van der Waals surface area contributed by atoms with Crippen LogP contribution in [0.15, 0.2) is 85.1 Å². The number of aliphatic hydroxyl groups excluding tert-OH is 9. The van der Waals surface area contributed by atoms with Crippen LogP contribution in [0.4, 0.5) is 0 Å². The second kappa shape index (κ2) is 27.4. The quantitative estimate of drug-likeness (QED) is 0.174. The van der Waals surface area contributed by atoms with Gasteiger partial charge in [-0.05, 0) is 33.1 Å². The van der Waals surface area contributed by atoms with Gasteiger partial charge in [0.05, 0.1) is 79.6 Å². The third-order valence-electron chi connectivity index (χ3n) is 12.0. The largest absolute Gasteiger partial charge is 0.481 e. The Morgan fingerprint density at radius 2 is 1.23 bits per heavy atom. The number of hydrogen-bond acceptors (Lipinski definition) is 17. The zero-order valence-corrected chi connectivity index (χ0v) is 37.6. The predicted molar refractivity (Wildman–Crippen MR) is 237 cm³/mol. The van der Waals surface area contributed by atoms with Gasteiger partial charge >= 0.3 is 11.9 Å². The first kappa shape index (κ1) is 55.9. The molecule has 3 rings (SSSR count). The first-order valence-corrected chi connectivity index (χ1v) is 22.3. The lowest BCUT2D eigenvalue weighted by molar-refractivity contribution is -0.308. The fourth-order valence-electron chi connectivity index (χ4n) is 7.97. The molecule has 0 aliphatic carbocycles. The monoisotopic (exact) mass is 923 g/mol. The third kappa shape index (κ3) is 18.6. The van der Waals surface area contributed by atoms with E-state index in [1.165, 1.54) is 13.0 Å². The number of nitrogens with two attached hydrogens (primary N) is 1. The number of rotatable bonds is 3. The SMILES string of the molecule is C[C@@H]1[C@H](O)[C@H](C)C=CC=CC=CC=CC=CC=CC=C[C@H](O[C@@H]2O[C@H](C)[C@H](O)[C@H](N)[C@@H]2O)C[C@H]2O[C@@](O)(C[C@H](O)C[C@H](O)[C@H](O)CC[C@H](O)C[C@H](O)CC(=O)O[C@@H]1C)C[C@@H](O)[C@@H]2C(=O)O. The molecule has 0 radical (unpaired) electrons. The van der Waals surface area contributed by atoms with Crippen molar-refractivity contribution in [2.24, 2.45) is 23.5 Å². The molecule has 3 heterocycles. The Kier molecular flexibility index (Phi) is 23.6. The van der Waals surface area contributed by atoms with Crippen molar-refractivity contribution in [1.82, 2.24) is 0 Å². The molecular formula is C47H73NO17. The number of carboxylic acid groups (broad SMARTS) is 1. The van der Waals surface area contributed by atoms with E-state index in [0.717, 1.165) is 0 Å². The van der Waals surface area contributed by atoms with Crippen LogP contribution in [0.5, 0.6) is 0 Å². The van der Waals surface area contributed by atoms with Crippen molar-refractivity contribution >= 4 is 11.9 Å². The van der Waals surface area contributed by atoms with Crippen molar-refractivity contribution in [2.45, 2.75) is 177 Å². The van der Waals surface area contributed by atoms with E-state index in [2.05, 4.69) is 0 Å². The minimum atomic E-state index is -2.33. The highest BCUT2D eigenvalue weighted by molar-refractivity contribution is 5.71. The standard InChI is InChI=1S/C47H73NO17/c1-27-17-15-13-11-9-7-5-6-8-10-12-14-16-18-34(64-46-44(58)41(48)43(57)30(4)63-46)24-38-40(45(59)60)37(54)26-47(61,65-38)25-33(51)22-36(53)35(52)20-19-31(49)21-32(50)23-39(55)62-29(3)28(2)42(27)56/h5-18,27-38,40-44,46,49-54,56-58,61H,19-26,48H2,1-4H3,(H,59,60)/t27-,28+,29-,30-,31+,32+,33-,34+,35-,36+,37-,38-,40+,41+,42-,43+,44+,46+,47+/m1/s1. The number of aliphatic hydroxyl groups is 10. The van der Waals surface area contributed by atoms with Crippen molar-refractivity contribution < 1.29 is 84.7 Å². The van der Waals surface area contributed by atoms with Crippen LogP contribution < -0.4 is 5.73 Å². The van der Waals surface area contributed by atoms with E-state index in [1.54, 1.807) is 80.7 Å². The number of carbonyl (C=O) groups excluding carboxylic acids is 1. The van der Waals surface area contributed by atoms with E-state index in [0.29, 0.717) is 0 Å². The number of aliphatic carboxylic acids is 1. The van der Waals surface area contributed by atoms with Crippen molar-refractivity contribution in [3.05, 3.63) is 85.1 Å². The summed E-state index contributed by atoms with van der Waals surface area (Å²) < 4.78 is 23.1. The van der Waals surface area contributed by atoms with Crippen LogP contribution in [0.3, 0.4) is 0 Å². The predicted octanol–water partition coefficient (Wildman–Crippen LogP) is 0.712. The number of fused-ring (bicyclic) bond motifs is 2. The Hall–Kier alpha value is -3.44. The summed E-state index contributed by atoms with van der Waals surface area (Å²) in [4.78, 5) is 25.1. The summed E-state index contributed by atoms with van der Waals surface area (Å²) in [6.45, 7) is 6.74. The Balaban J connectivity index is 1.86. The van der Waals surface area contributed by atoms with Gasteiger partial charge in [0.15, 0.2) is 12.1 Å². The van der Waals surface area contributed by atoms with Gasteiger partial charge < -0.3 is 80.9 Å². The van der Waals surface area contributed by atoms with E-state index < -0.39 is 147 Å². The highest BCUT2D eigenvalue weighted by Gasteiger charge is 2.51. The Labute approximate surface area is 381 Å². The van der Waals surface area contributed by atoms with Crippen molar-refractivity contribution in [2.75, 3.05) is 0 Å². The fraction of sp³-hybridized carbons (Fsp3) is 0.660. The summed E-state index contributed by atoms with van der Waals surface area (Å²) in [6, 6.07) is -1.15. The lowest BCUT2D eigenvalue weighted by Crippen LogP contribution is -2.61. The summed E-state index contributed by atoms with van der Waals surface area (Å²) in [7, 11) is 0. The number of esters is 1. The number of carboxylic acids is 1. The van der Waals surface area contributed by atoms with Crippen molar-refractivity contribution in [3.63, 3.8) is 0 Å². The Morgan fingerprint density at radius 1 is 0.662 bits per heavy atom. The van der Waals surface area contributed by atoms with Crippen LogP contribution in [0.2, 0.25) is 0 Å². The molecule has 19 atom stereocenters. The molecule has 3 aliphatic heterocycles. The van der Waals surface area contributed by atoms with Crippen LogP contribution in [-0.4, -0.2) is 166 Å². The van der Waals surface area contributed by atoms with Gasteiger partial charge in [-0.2, -0.15) is 0 Å². The summed E-state index contributed by atoms with van der Waals surface area (Å²) in [5, 5.41) is 118. The molecule has 0 spiro atoms. The minimum absolute atomic E-state index is 0.107. The highest BCUT2D eigenvalue weighted by atomic mass is 16.7. The molecule has 2 fully saturated rings. The lowest BCUT2D eigenvalue weighted by Gasteiger charge is -2.45. The number of cyclic esters (lactones) is 1. The second-order valence-corrected chi connectivity index (χ2v) is 17.6. The van der Waals surface area contributed by atoms with E-state index >= 15 is 0 Å². The number of allylic oxidation sites excluding steroid dienone is 12. The first-order valence-electron chi connectivity index (χ1n) is 22.3. The Bertz CT molecular complexity index is 1670. The van der Waals surface area contributed by atoms with Crippen molar-refractivity contribution in [1.29, 1.82) is 0 Å². The molecule has 0 unspecified atom stereocenters. The van der Waals surface area contributed by atoms with Crippen LogP contribution in [0, 0.1) is 17.8 Å². The maximum absolute atomic E-state index is 12.6. The first-order chi connectivity index (χ1) is 30.6. The van der Waals surface area contributed by atoms with Crippen LogP contribution in [0.25, 0.3) is 0 Å². The topological polar surface area (TPSA) is 320 Å². The molecule has 18 heteroatoms. The van der Waals surface area contributed by atoms with Crippen LogP contribution in [-0.2, 0) is 28.5 Å². The van der Waals surface area contributed by atoms with Gasteiger partial charge in [0.2, 0.25) is 0 Å². The molecule has 13 N–H and O–H groups in total.